The first-order chi connectivity index (χ1) is 16.1. The SMILES string of the molecule is Cc1ccccc1-n1ncc2c(C3CC3)nn(CC(=O)Nc3ccc4c(c3)OCO4)c(=O)c21. The van der Waals surface area contributed by atoms with Crippen LogP contribution >= 0.6 is 0 Å². The molecule has 1 aliphatic heterocycles. The fraction of sp³-hybridized carbons (Fsp3) is 0.250. The number of carbonyl (C=O) groups excluding carboxylic acids is 1. The number of fused-ring (bicyclic) bond motifs is 2. The largest absolute Gasteiger partial charge is 0.454 e. The number of anilines is 1. The number of carbonyl (C=O) groups is 1. The van der Waals surface area contributed by atoms with Crippen LogP contribution in [0.5, 0.6) is 11.5 Å². The number of nitrogens with one attached hydrogen (secondary N) is 1. The molecule has 0 spiro atoms. The number of rotatable bonds is 5. The van der Waals surface area contributed by atoms with Gasteiger partial charge in [-0.25, -0.2) is 9.36 Å². The Kier molecular flexibility index (Phi) is 4.42. The molecule has 0 unspecified atom stereocenters. The van der Waals surface area contributed by atoms with Gasteiger partial charge in [-0.15, -0.1) is 0 Å². The molecule has 1 saturated carbocycles. The topological polar surface area (TPSA) is 100 Å². The molecule has 2 aromatic carbocycles. The van der Waals surface area contributed by atoms with Crippen LogP contribution in [0.2, 0.25) is 0 Å². The van der Waals surface area contributed by atoms with E-state index in [1.807, 2.05) is 31.2 Å². The summed E-state index contributed by atoms with van der Waals surface area (Å²) in [5.41, 5.74) is 3.30. The van der Waals surface area contributed by atoms with E-state index in [9.17, 15) is 9.59 Å². The van der Waals surface area contributed by atoms with E-state index < -0.39 is 0 Å². The third kappa shape index (κ3) is 3.42. The molecule has 0 radical (unpaired) electrons. The van der Waals surface area contributed by atoms with Crippen LogP contribution in [0.1, 0.15) is 30.0 Å². The lowest BCUT2D eigenvalue weighted by Crippen LogP contribution is -2.31. The molecule has 3 heterocycles. The van der Waals surface area contributed by atoms with Gasteiger partial charge in [0.15, 0.2) is 11.5 Å². The molecule has 1 amide bonds. The Labute approximate surface area is 188 Å². The van der Waals surface area contributed by atoms with Crippen molar-refractivity contribution in [2.75, 3.05) is 12.1 Å². The fourth-order valence-electron chi connectivity index (χ4n) is 4.15. The van der Waals surface area contributed by atoms with Gasteiger partial charge >= 0.3 is 0 Å². The van der Waals surface area contributed by atoms with Crippen molar-refractivity contribution in [1.29, 1.82) is 0 Å². The molecule has 4 aromatic rings. The maximum Gasteiger partial charge on any atom is 0.293 e. The van der Waals surface area contributed by atoms with Crippen LogP contribution in [0.4, 0.5) is 5.69 Å². The molecule has 6 rings (SSSR count). The van der Waals surface area contributed by atoms with Gasteiger partial charge < -0.3 is 14.8 Å². The summed E-state index contributed by atoms with van der Waals surface area (Å²) in [6, 6.07) is 12.9. The van der Waals surface area contributed by atoms with Crippen LogP contribution in [-0.4, -0.2) is 32.3 Å². The highest BCUT2D eigenvalue weighted by Gasteiger charge is 2.30. The van der Waals surface area contributed by atoms with Crippen molar-refractivity contribution < 1.29 is 14.3 Å². The number of aryl methyl sites for hydroxylation is 1. The number of para-hydroxylation sites is 1. The highest BCUT2D eigenvalue weighted by molar-refractivity contribution is 5.91. The number of nitrogens with zero attached hydrogens (tertiary/aromatic N) is 4. The number of amides is 1. The Morgan fingerprint density at radius 1 is 1.15 bits per heavy atom. The van der Waals surface area contributed by atoms with E-state index in [1.54, 1.807) is 29.1 Å². The van der Waals surface area contributed by atoms with Gasteiger partial charge in [0.05, 0.1) is 17.6 Å². The summed E-state index contributed by atoms with van der Waals surface area (Å²) in [5.74, 6) is 1.13. The van der Waals surface area contributed by atoms with Crippen molar-refractivity contribution >= 4 is 22.5 Å². The zero-order chi connectivity index (χ0) is 22.5. The number of hydrogen-bond donors (Lipinski definition) is 1. The summed E-state index contributed by atoms with van der Waals surface area (Å²) in [7, 11) is 0. The van der Waals surface area contributed by atoms with Crippen molar-refractivity contribution in [3.63, 3.8) is 0 Å². The number of ether oxygens (including phenoxy) is 2. The second kappa shape index (κ2) is 7.47. The van der Waals surface area contributed by atoms with Crippen LogP contribution in [0.25, 0.3) is 16.6 Å². The maximum atomic E-state index is 13.5. The molecule has 0 bridgehead atoms. The lowest BCUT2D eigenvalue weighted by molar-refractivity contribution is -0.117. The van der Waals surface area contributed by atoms with Crippen LogP contribution < -0.4 is 20.3 Å². The third-order valence-corrected chi connectivity index (χ3v) is 5.97. The summed E-state index contributed by atoms with van der Waals surface area (Å²) in [6.45, 7) is 1.93. The minimum absolute atomic E-state index is 0.157. The van der Waals surface area contributed by atoms with Crippen LogP contribution in [0, 0.1) is 6.92 Å². The summed E-state index contributed by atoms with van der Waals surface area (Å²) in [5, 5.41) is 12.7. The quantitative estimate of drug-likeness (QED) is 0.509. The van der Waals surface area contributed by atoms with E-state index in [0.717, 1.165) is 35.2 Å². The molecule has 9 nitrogen and oxygen atoms in total. The van der Waals surface area contributed by atoms with E-state index in [2.05, 4.69) is 15.5 Å². The smallest absolute Gasteiger partial charge is 0.293 e. The molecule has 0 atom stereocenters. The molecular weight excluding hydrogens is 422 g/mol. The Bertz CT molecular complexity index is 1470. The van der Waals surface area contributed by atoms with E-state index >= 15 is 0 Å². The zero-order valence-electron chi connectivity index (χ0n) is 17.9. The van der Waals surface area contributed by atoms with Crippen molar-refractivity contribution in [2.45, 2.75) is 32.2 Å². The monoisotopic (exact) mass is 443 g/mol. The Hall–Kier alpha value is -4.14. The average Bonchev–Trinajstić information content (AvgIpc) is 3.37. The summed E-state index contributed by atoms with van der Waals surface area (Å²) >= 11 is 0. The zero-order valence-corrected chi connectivity index (χ0v) is 17.9. The molecule has 1 aliphatic carbocycles. The summed E-state index contributed by atoms with van der Waals surface area (Å²) in [6.07, 6.45) is 3.74. The number of aromatic nitrogens is 4. The first kappa shape index (κ1) is 19.5. The third-order valence-electron chi connectivity index (χ3n) is 5.97. The molecular formula is C24H21N5O4. The number of hydrogen-bond acceptors (Lipinski definition) is 6. The molecule has 2 aromatic heterocycles. The van der Waals surface area contributed by atoms with Crippen molar-refractivity contribution in [1.82, 2.24) is 19.6 Å². The predicted molar refractivity (Wildman–Crippen MR) is 121 cm³/mol. The highest BCUT2D eigenvalue weighted by Crippen LogP contribution is 2.41. The van der Waals surface area contributed by atoms with Gasteiger partial charge in [0.1, 0.15) is 12.1 Å². The number of benzene rings is 2. The summed E-state index contributed by atoms with van der Waals surface area (Å²) in [4.78, 5) is 26.3. The second-order valence-electron chi connectivity index (χ2n) is 8.34. The summed E-state index contributed by atoms with van der Waals surface area (Å²) < 4.78 is 13.6. The van der Waals surface area contributed by atoms with E-state index in [0.29, 0.717) is 22.7 Å². The average molecular weight is 443 g/mol. The lowest BCUT2D eigenvalue weighted by atomic mass is 10.2. The van der Waals surface area contributed by atoms with Crippen LogP contribution in [0.3, 0.4) is 0 Å². The normalized spacial score (nSPS) is 14.6. The Morgan fingerprint density at radius 2 is 1.97 bits per heavy atom. The van der Waals surface area contributed by atoms with Crippen molar-refractivity contribution in [2.24, 2.45) is 0 Å². The van der Waals surface area contributed by atoms with E-state index in [1.165, 1.54) is 4.68 Å². The predicted octanol–water partition coefficient (Wildman–Crippen LogP) is 3.14. The van der Waals surface area contributed by atoms with Gasteiger partial charge in [-0.3, -0.25) is 9.59 Å². The minimum Gasteiger partial charge on any atom is -0.454 e. The van der Waals surface area contributed by atoms with Gasteiger partial charge in [-0.1, -0.05) is 18.2 Å². The molecule has 1 N–H and O–H groups in total. The molecule has 166 valence electrons. The first-order valence-corrected chi connectivity index (χ1v) is 10.8. The minimum atomic E-state index is -0.355. The standard InChI is InChI=1S/C24H21N5O4/c1-14-4-2-3-5-18(14)29-23-17(11-25-29)22(15-6-7-15)27-28(24(23)31)12-21(30)26-16-8-9-19-20(10-16)33-13-32-19/h2-5,8-11,15H,6-7,12-13H2,1H3,(H,26,30). The van der Waals surface area contributed by atoms with Gasteiger partial charge in [0, 0.05) is 23.1 Å². The first-order valence-electron chi connectivity index (χ1n) is 10.8. The second-order valence-corrected chi connectivity index (χ2v) is 8.34. The van der Waals surface area contributed by atoms with Gasteiger partial charge in [0.2, 0.25) is 12.7 Å². The van der Waals surface area contributed by atoms with Gasteiger partial charge in [-0.2, -0.15) is 10.2 Å². The van der Waals surface area contributed by atoms with Crippen LogP contribution in [-0.2, 0) is 11.3 Å². The van der Waals surface area contributed by atoms with Gasteiger partial charge in [0.25, 0.3) is 5.56 Å². The Balaban J connectivity index is 1.38. The molecule has 0 saturated heterocycles. The molecule has 9 heteroatoms. The maximum absolute atomic E-state index is 13.5. The molecule has 1 fully saturated rings. The molecule has 2 aliphatic rings. The van der Waals surface area contributed by atoms with E-state index in [-0.39, 0.29) is 30.7 Å². The van der Waals surface area contributed by atoms with Crippen molar-refractivity contribution in [3.05, 3.63) is 70.3 Å². The molecule has 33 heavy (non-hydrogen) atoms. The van der Waals surface area contributed by atoms with Crippen LogP contribution in [0.15, 0.2) is 53.5 Å². The lowest BCUT2D eigenvalue weighted by Gasteiger charge is -2.11. The Morgan fingerprint density at radius 3 is 2.79 bits per heavy atom. The van der Waals surface area contributed by atoms with Crippen molar-refractivity contribution in [3.8, 4) is 17.2 Å². The highest BCUT2D eigenvalue weighted by atomic mass is 16.7. The van der Waals surface area contributed by atoms with E-state index in [4.69, 9.17) is 9.47 Å². The fourth-order valence-corrected chi connectivity index (χ4v) is 4.15. The van der Waals surface area contributed by atoms with Gasteiger partial charge in [-0.05, 0) is 43.5 Å².